The van der Waals surface area contributed by atoms with Crippen LogP contribution in [0.3, 0.4) is 0 Å². The molecule has 2 aromatic rings. The first-order valence-electron chi connectivity index (χ1n) is 6.88. The van der Waals surface area contributed by atoms with Crippen molar-refractivity contribution in [3.05, 3.63) is 53.1 Å². The Morgan fingerprint density at radius 3 is 2.62 bits per heavy atom. The number of nitrogens with zero attached hydrogens (tertiary/aromatic N) is 1. The van der Waals surface area contributed by atoms with Crippen molar-refractivity contribution in [1.82, 2.24) is 0 Å². The molecule has 2 aromatic carbocycles. The fraction of sp³-hybridized carbons (Fsp3) is 0.250. The van der Waals surface area contributed by atoms with Gasteiger partial charge in [0.2, 0.25) is 0 Å². The van der Waals surface area contributed by atoms with Gasteiger partial charge in [0.05, 0.1) is 10.6 Å². The lowest BCUT2D eigenvalue weighted by Crippen LogP contribution is -2.29. The predicted octanol–water partition coefficient (Wildman–Crippen LogP) is 2.64. The molecule has 0 amide bonds. The third kappa shape index (κ3) is 2.27. The molecule has 1 heterocycles. The molecule has 0 fully saturated rings. The van der Waals surface area contributed by atoms with E-state index >= 15 is 0 Å². The maximum atomic E-state index is 12.8. The van der Waals surface area contributed by atoms with E-state index in [9.17, 15) is 8.42 Å². The molecule has 0 aromatic heterocycles. The van der Waals surface area contributed by atoms with Crippen LogP contribution in [0.1, 0.15) is 16.7 Å². The Bertz CT molecular complexity index is 813. The van der Waals surface area contributed by atoms with Crippen LogP contribution in [0.4, 0.5) is 11.4 Å². The first-order valence-corrected chi connectivity index (χ1v) is 8.32. The lowest BCUT2D eigenvalue weighted by atomic mass is 10.1. The van der Waals surface area contributed by atoms with Gasteiger partial charge in [0.15, 0.2) is 0 Å². The van der Waals surface area contributed by atoms with Gasteiger partial charge >= 0.3 is 0 Å². The van der Waals surface area contributed by atoms with Gasteiger partial charge in [0, 0.05) is 12.2 Å². The van der Waals surface area contributed by atoms with Gasteiger partial charge in [-0.05, 0) is 55.2 Å². The number of fused-ring (bicyclic) bond motifs is 1. The summed E-state index contributed by atoms with van der Waals surface area (Å²) in [6.45, 7) is 4.29. The molecule has 1 aliphatic heterocycles. The van der Waals surface area contributed by atoms with Gasteiger partial charge in [0.25, 0.3) is 10.0 Å². The van der Waals surface area contributed by atoms with Crippen molar-refractivity contribution in [2.24, 2.45) is 0 Å². The minimum Gasteiger partial charge on any atom is -0.398 e. The maximum Gasteiger partial charge on any atom is 0.264 e. The molecule has 0 saturated heterocycles. The molecule has 110 valence electrons. The molecule has 0 spiro atoms. The summed E-state index contributed by atoms with van der Waals surface area (Å²) in [5, 5.41) is 0. The Morgan fingerprint density at radius 1 is 1.14 bits per heavy atom. The number of hydrogen-bond donors (Lipinski definition) is 1. The van der Waals surface area contributed by atoms with Crippen LogP contribution in [0.25, 0.3) is 0 Å². The van der Waals surface area contributed by atoms with E-state index in [1.807, 2.05) is 26.0 Å². The van der Waals surface area contributed by atoms with Crippen molar-refractivity contribution in [3.8, 4) is 0 Å². The van der Waals surface area contributed by atoms with Crippen LogP contribution in [-0.4, -0.2) is 15.0 Å². The lowest BCUT2D eigenvalue weighted by molar-refractivity contribution is 0.592. The molecule has 3 rings (SSSR count). The number of rotatable bonds is 2. The van der Waals surface area contributed by atoms with Gasteiger partial charge in [-0.25, -0.2) is 8.42 Å². The molecule has 0 aliphatic carbocycles. The van der Waals surface area contributed by atoms with E-state index in [1.54, 1.807) is 24.3 Å². The van der Waals surface area contributed by atoms with E-state index in [-0.39, 0.29) is 0 Å². The average Bonchev–Trinajstić information content (AvgIpc) is 2.83. The third-order valence-corrected chi connectivity index (χ3v) is 5.71. The molecule has 4 nitrogen and oxygen atoms in total. The number of nitrogens with two attached hydrogens (primary N) is 1. The molecule has 0 unspecified atom stereocenters. The predicted molar refractivity (Wildman–Crippen MR) is 85.0 cm³/mol. The smallest absolute Gasteiger partial charge is 0.264 e. The molecule has 2 N–H and O–H groups in total. The largest absolute Gasteiger partial charge is 0.398 e. The minimum atomic E-state index is -3.53. The SMILES string of the molecule is Cc1cccc(S(=O)(=O)N2CCc3cc(C)c(N)cc32)c1. The van der Waals surface area contributed by atoms with Crippen LogP contribution in [0.5, 0.6) is 0 Å². The highest BCUT2D eigenvalue weighted by Crippen LogP contribution is 2.35. The van der Waals surface area contributed by atoms with E-state index < -0.39 is 10.0 Å². The van der Waals surface area contributed by atoms with Crippen LogP contribution in [0, 0.1) is 13.8 Å². The lowest BCUT2D eigenvalue weighted by Gasteiger charge is -2.20. The molecular weight excluding hydrogens is 284 g/mol. The second-order valence-electron chi connectivity index (χ2n) is 5.48. The zero-order valence-electron chi connectivity index (χ0n) is 12.1. The monoisotopic (exact) mass is 302 g/mol. The number of aryl methyl sites for hydroxylation is 2. The normalized spacial score (nSPS) is 14.3. The summed E-state index contributed by atoms with van der Waals surface area (Å²) in [5.41, 5.74) is 10.2. The summed E-state index contributed by atoms with van der Waals surface area (Å²) < 4.78 is 27.1. The molecule has 21 heavy (non-hydrogen) atoms. The molecule has 0 saturated carbocycles. The van der Waals surface area contributed by atoms with Crippen LogP contribution in [-0.2, 0) is 16.4 Å². The molecule has 1 aliphatic rings. The fourth-order valence-electron chi connectivity index (χ4n) is 2.70. The topological polar surface area (TPSA) is 63.4 Å². The van der Waals surface area contributed by atoms with Crippen LogP contribution in [0.15, 0.2) is 41.3 Å². The zero-order chi connectivity index (χ0) is 15.2. The number of sulfonamides is 1. The summed E-state index contributed by atoms with van der Waals surface area (Å²) in [6, 6.07) is 10.7. The van der Waals surface area contributed by atoms with E-state index in [1.165, 1.54) is 4.31 Å². The number of hydrogen-bond acceptors (Lipinski definition) is 3. The van der Waals surface area contributed by atoms with Crippen molar-refractivity contribution >= 4 is 21.4 Å². The Labute approximate surface area is 125 Å². The Morgan fingerprint density at radius 2 is 1.90 bits per heavy atom. The summed E-state index contributed by atoms with van der Waals surface area (Å²) in [5.74, 6) is 0. The Hall–Kier alpha value is -2.01. The second kappa shape index (κ2) is 4.77. The van der Waals surface area contributed by atoms with E-state index in [0.29, 0.717) is 22.8 Å². The summed E-state index contributed by atoms with van der Waals surface area (Å²) in [7, 11) is -3.53. The van der Waals surface area contributed by atoms with Gasteiger partial charge in [0.1, 0.15) is 0 Å². The molecule has 0 radical (unpaired) electrons. The molecule has 0 bridgehead atoms. The number of anilines is 2. The van der Waals surface area contributed by atoms with Crippen molar-refractivity contribution in [1.29, 1.82) is 0 Å². The van der Waals surface area contributed by atoms with E-state index in [4.69, 9.17) is 5.73 Å². The van der Waals surface area contributed by atoms with Crippen molar-refractivity contribution < 1.29 is 8.42 Å². The van der Waals surface area contributed by atoms with Gasteiger partial charge in [-0.2, -0.15) is 0 Å². The first kappa shape index (κ1) is 13.9. The Kier molecular flexibility index (Phi) is 3.17. The molecular formula is C16H18N2O2S. The second-order valence-corrected chi connectivity index (χ2v) is 7.34. The summed E-state index contributed by atoms with van der Waals surface area (Å²) in [6.07, 6.45) is 0.724. The van der Waals surface area contributed by atoms with Gasteiger partial charge in [-0.15, -0.1) is 0 Å². The van der Waals surface area contributed by atoms with Crippen LogP contribution >= 0.6 is 0 Å². The quantitative estimate of drug-likeness (QED) is 0.867. The minimum absolute atomic E-state index is 0.328. The van der Waals surface area contributed by atoms with E-state index in [2.05, 4.69) is 0 Å². The van der Waals surface area contributed by atoms with Gasteiger partial charge in [-0.3, -0.25) is 4.31 Å². The third-order valence-electron chi connectivity index (χ3n) is 3.90. The highest BCUT2D eigenvalue weighted by molar-refractivity contribution is 7.92. The fourth-order valence-corrected chi connectivity index (χ4v) is 4.30. The highest BCUT2D eigenvalue weighted by Gasteiger charge is 2.31. The van der Waals surface area contributed by atoms with Crippen LogP contribution in [0.2, 0.25) is 0 Å². The van der Waals surface area contributed by atoms with Crippen molar-refractivity contribution in [2.75, 3.05) is 16.6 Å². The van der Waals surface area contributed by atoms with Gasteiger partial charge in [-0.1, -0.05) is 18.2 Å². The maximum absolute atomic E-state index is 12.8. The Balaban J connectivity index is 2.10. The number of nitrogen functional groups attached to an aromatic ring is 1. The van der Waals surface area contributed by atoms with Crippen LogP contribution < -0.4 is 10.0 Å². The summed E-state index contributed by atoms with van der Waals surface area (Å²) in [4.78, 5) is 0.328. The van der Waals surface area contributed by atoms with E-state index in [0.717, 1.165) is 23.1 Å². The van der Waals surface area contributed by atoms with Gasteiger partial charge < -0.3 is 5.73 Å². The molecule has 0 atom stereocenters. The average molecular weight is 302 g/mol. The standard InChI is InChI=1S/C16H18N2O2S/c1-11-4-3-5-14(8-11)21(19,20)18-7-6-13-9-12(2)15(17)10-16(13)18/h3-5,8-10H,6-7,17H2,1-2H3. The highest BCUT2D eigenvalue weighted by atomic mass is 32.2. The number of benzene rings is 2. The van der Waals surface area contributed by atoms with Crippen molar-refractivity contribution in [3.63, 3.8) is 0 Å². The van der Waals surface area contributed by atoms with Crippen molar-refractivity contribution in [2.45, 2.75) is 25.2 Å². The molecule has 5 heteroatoms. The summed E-state index contributed by atoms with van der Waals surface area (Å²) >= 11 is 0. The first-order chi connectivity index (χ1) is 9.89. The zero-order valence-corrected chi connectivity index (χ0v) is 12.9.